The van der Waals surface area contributed by atoms with E-state index in [0.29, 0.717) is 0 Å². The van der Waals surface area contributed by atoms with E-state index in [2.05, 4.69) is 22.0 Å². The average molecular weight is 322 g/mol. The minimum atomic E-state index is 0.719. The Morgan fingerprint density at radius 2 is 1.95 bits per heavy atom. The molecule has 2 aromatic rings. The number of nitrogens with zero attached hydrogens (tertiary/aromatic N) is 2. The topological polar surface area (TPSA) is 42.1 Å². The molecule has 0 amide bonds. The van der Waals surface area contributed by atoms with Crippen molar-refractivity contribution in [1.82, 2.24) is 9.88 Å². The number of anilines is 1. The fourth-order valence-electron chi connectivity index (χ4n) is 2.81. The molecule has 21 heavy (non-hydrogen) atoms. The van der Waals surface area contributed by atoms with Crippen LogP contribution in [0, 0.1) is 0 Å². The van der Waals surface area contributed by atoms with E-state index in [9.17, 15) is 0 Å². The smallest absolute Gasteiger partial charge is 0.180 e. The number of rotatable bonds is 4. The largest absolute Gasteiger partial charge is 0.375 e. The third kappa shape index (κ3) is 3.96. The number of benzene rings is 1. The Morgan fingerprint density at radius 1 is 1.19 bits per heavy atom. The zero-order valence-electron chi connectivity index (χ0n) is 12.0. The molecule has 2 heterocycles. The van der Waals surface area contributed by atoms with Crippen molar-refractivity contribution in [3.8, 4) is 0 Å². The Bertz CT molecular complexity index is 569. The van der Waals surface area contributed by atoms with E-state index in [4.69, 9.17) is 17.3 Å². The maximum atomic E-state index is 5.91. The normalized spacial score (nSPS) is 15.7. The number of halogens is 1. The van der Waals surface area contributed by atoms with Crippen molar-refractivity contribution in [2.75, 3.05) is 25.4 Å². The Morgan fingerprint density at radius 3 is 2.76 bits per heavy atom. The van der Waals surface area contributed by atoms with Gasteiger partial charge in [-0.25, -0.2) is 4.98 Å². The summed E-state index contributed by atoms with van der Waals surface area (Å²) in [6, 6.07) is 8.18. The Kier molecular flexibility index (Phi) is 4.78. The summed E-state index contributed by atoms with van der Waals surface area (Å²) in [4.78, 5) is 8.36. The summed E-state index contributed by atoms with van der Waals surface area (Å²) in [6.45, 7) is 3.36. The number of aromatic nitrogens is 1. The Labute approximate surface area is 134 Å². The zero-order valence-corrected chi connectivity index (χ0v) is 13.6. The van der Waals surface area contributed by atoms with E-state index >= 15 is 0 Å². The highest BCUT2D eigenvalue weighted by atomic mass is 35.5. The number of nitrogens with two attached hydrogens (primary N) is 1. The second-order valence-electron chi connectivity index (χ2n) is 5.49. The fraction of sp³-hybridized carbons (Fsp3) is 0.438. The molecule has 3 nitrogen and oxygen atoms in total. The van der Waals surface area contributed by atoms with Gasteiger partial charge in [0.2, 0.25) is 0 Å². The lowest BCUT2D eigenvalue weighted by Crippen LogP contribution is -2.28. The van der Waals surface area contributed by atoms with Crippen LogP contribution in [0.1, 0.15) is 22.6 Å². The van der Waals surface area contributed by atoms with Gasteiger partial charge in [-0.05, 0) is 43.5 Å². The first kappa shape index (κ1) is 14.8. The standard InChI is InChI=1S/C16H20ClN3S/c17-13-5-3-12(4-6-13)2-1-9-20-10-7-14-15(8-11-20)21-16(18)19-14/h3-6H,1-2,7-11H2,(H2,18,19). The zero-order chi connectivity index (χ0) is 14.7. The van der Waals surface area contributed by atoms with Crippen LogP contribution < -0.4 is 5.73 Å². The van der Waals surface area contributed by atoms with Crippen molar-refractivity contribution in [3.63, 3.8) is 0 Å². The Hall–Kier alpha value is -1.10. The minimum absolute atomic E-state index is 0.719. The molecule has 0 saturated heterocycles. The summed E-state index contributed by atoms with van der Waals surface area (Å²) in [5.41, 5.74) is 8.37. The van der Waals surface area contributed by atoms with Gasteiger partial charge >= 0.3 is 0 Å². The van der Waals surface area contributed by atoms with Crippen LogP contribution in [-0.2, 0) is 19.3 Å². The third-order valence-corrected chi connectivity index (χ3v) is 5.21. The van der Waals surface area contributed by atoms with Gasteiger partial charge in [0.25, 0.3) is 0 Å². The van der Waals surface area contributed by atoms with Crippen LogP contribution in [0.3, 0.4) is 0 Å². The quantitative estimate of drug-likeness (QED) is 0.938. The second kappa shape index (κ2) is 6.77. The number of hydrogen-bond donors (Lipinski definition) is 1. The lowest BCUT2D eigenvalue weighted by molar-refractivity contribution is 0.284. The molecule has 0 atom stereocenters. The molecule has 5 heteroatoms. The average Bonchev–Trinajstić information content (AvgIpc) is 2.73. The molecule has 1 aliphatic rings. The van der Waals surface area contributed by atoms with Crippen molar-refractivity contribution in [2.45, 2.75) is 25.7 Å². The molecule has 0 radical (unpaired) electrons. The van der Waals surface area contributed by atoms with Crippen molar-refractivity contribution < 1.29 is 0 Å². The molecule has 0 bridgehead atoms. The minimum Gasteiger partial charge on any atom is -0.375 e. The van der Waals surface area contributed by atoms with Crippen LogP contribution >= 0.6 is 22.9 Å². The summed E-state index contributed by atoms with van der Waals surface area (Å²) < 4.78 is 0. The summed E-state index contributed by atoms with van der Waals surface area (Å²) in [5.74, 6) is 0. The second-order valence-corrected chi connectivity index (χ2v) is 7.05. The predicted octanol–water partition coefficient (Wildman–Crippen LogP) is 3.41. The maximum Gasteiger partial charge on any atom is 0.180 e. The van der Waals surface area contributed by atoms with Gasteiger partial charge in [-0.1, -0.05) is 23.7 Å². The number of fused-ring (bicyclic) bond motifs is 1. The van der Waals surface area contributed by atoms with Gasteiger partial charge in [-0.2, -0.15) is 0 Å². The predicted molar refractivity (Wildman–Crippen MR) is 90.1 cm³/mol. The van der Waals surface area contributed by atoms with Crippen molar-refractivity contribution in [2.24, 2.45) is 0 Å². The van der Waals surface area contributed by atoms with Crippen LogP contribution in [0.15, 0.2) is 24.3 Å². The molecule has 1 aromatic carbocycles. The van der Waals surface area contributed by atoms with Crippen molar-refractivity contribution >= 4 is 28.1 Å². The van der Waals surface area contributed by atoms with E-state index < -0.39 is 0 Å². The lowest BCUT2D eigenvalue weighted by Gasteiger charge is -2.19. The van der Waals surface area contributed by atoms with Crippen LogP contribution in [0.5, 0.6) is 0 Å². The molecule has 1 aromatic heterocycles. The molecule has 0 aliphatic carbocycles. The molecular formula is C16H20ClN3S. The van der Waals surface area contributed by atoms with Gasteiger partial charge in [0.15, 0.2) is 5.13 Å². The fourth-order valence-corrected chi connectivity index (χ4v) is 3.80. The highest BCUT2D eigenvalue weighted by molar-refractivity contribution is 7.15. The number of hydrogen-bond acceptors (Lipinski definition) is 4. The van der Waals surface area contributed by atoms with Gasteiger partial charge < -0.3 is 10.6 Å². The number of aryl methyl sites for hydroxylation is 1. The first-order valence-electron chi connectivity index (χ1n) is 7.41. The first-order valence-corrected chi connectivity index (χ1v) is 8.61. The summed E-state index contributed by atoms with van der Waals surface area (Å²) in [5, 5.41) is 1.53. The molecule has 0 unspecified atom stereocenters. The van der Waals surface area contributed by atoms with Crippen LogP contribution in [0.2, 0.25) is 5.02 Å². The number of nitrogen functional groups attached to an aromatic ring is 1. The molecule has 0 spiro atoms. The molecule has 112 valence electrons. The maximum absolute atomic E-state index is 5.91. The van der Waals surface area contributed by atoms with E-state index in [1.54, 1.807) is 11.3 Å². The van der Waals surface area contributed by atoms with E-state index in [0.717, 1.165) is 49.1 Å². The third-order valence-electron chi connectivity index (χ3n) is 3.97. The highest BCUT2D eigenvalue weighted by Gasteiger charge is 2.17. The van der Waals surface area contributed by atoms with Crippen LogP contribution in [0.4, 0.5) is 5.13 Å². The van der Waals surface area contributed by atoms with Gasteiger partial charge in [-0.15, -0.1) is 11.3 Å². The summed E-state index contributed by atoms with van der Waals surface area (Å²) in [6.07, 6.45) is 4.42. The summed E-state index contributed by atoms with van der Waals surface area (Å²) >= 11 is 7.56. The molecule has 3 rings (SSSR count). The summed E-state index contributed by atoms with van der Waals surface area (Å²) in [7, 11) is 0. The van der Waals surface area contributed by atoms with E-state index in [1.165, 1.54) is 22.6 Å². The highest BCUT2D eigenvalue weighted by Crippen LogP contribution is 2.24. The Balaban J connectivity index is 1.46. The van der Waals surface area contributed by atoms with Crippen LogP contribution in [-0.4, -0.2) is 29.5 Å². The molecule has 0 fully saturated rings. The van der Waals surface area contributed by atoms with Gasteiger partial charge in [0.05, 0.1) is 5.69 Å². The van der Waals surface area contributed by atoms with Gasteiger partial charge in [0.1, 0.15) is 0 Å². The van der Waals surface area contributed by atoms with Gasteiger partial charge in [0, 0.05) is 29.4 Å². The van der Waals surface area contributed by atoms with E-state index in [-0.39, 0.29) is 0 Å². The van der Waals surface area contributed by atoms with Crippen molar-refractivity contribution in [1.29, 1.82) is 0 Å². The molecular weight excluding hydrogens is 302 g/mol. The SMILES string of the molecule is Nc1nc2c(s1)CCN(CCCc1ccc(Cl)cc1)CC2. The van der Waals surface area contributed by atoms with Gasteiger partial charge in [-0.3, -0.25) is 0 Å². The molecule has 0 saturated carbocycles. The number of thiazole rings is 1. The first-order chi connectivity index (χ1) is 10.2. The lowest BCUT2D eigenvalue weighted by atomic mass is 10.1. The van der Waals surface area contributed by atoms with E-state index in [1.807, 2.05) is 12.1 Å². The van der Waals surface area contributed by atoms with Crippen LogP contribution in [0.25, 0.3) is 0 Å². The monoisotopic (exact) mass is 321 g/mol. The van der Waals surface area contributed by atoms with Crippen molar-refractivity contribution in [3.05, 3.63) is 45.4 Å². The molecule has 1 aliphatic heterocycles. The molecule has 2 N–H and O–H groups in total.